The van der Waals surface area contributed by atoms with Crippen LogP contribution in [0, 0.1) is 12.7 Å². The van der Waals surface area contributed by atoms with Crippen molar-refractivity contribution in [2.45, 2.75) is 6.92 Å². The first-order valence-corrected chi connectivity index (χ1v) is 9.82. The van der Waals surface area contributed by atoms with Crippen LogP contribution in [-0.4, -0.2) is 43.0 Å². The minimum absolute atomic E-state index is 0.0789. The van der Waals surface area contributed by atoms with Crippen molar-refractivity contribution < 1.29 is 9.18 Å². The van der Waals surface area contributed by atoms with Crippen LogP contribution < -0.4 is 4.90 Å². The molecular weight excluding hydrogens is 408 g/mol. The van der Waals surface area contributed by atoms with Gasteiger partial charge in [0.25, 0.3) is 5.91 Å². The van der Waals surface area contributed by atoms with Crippen molar-refractivity contribution in [1.82, 2.24) is 9.88 Å². The maximum atomic E-state index is 13.4. The molecule has 0 bridgehead atoms. The Morgan fingerprint density at radius 3 is 2.59 bits per heavy atom. The second-order valence-electron chi connectivity index (χ2n) is 6.45. The van der Waals surface area contributed by atoms with Gasteiger partial charge in [-0.2, -0.15) is 0 Å². The molecule has 2 aromatic carbocycles. The number of rotatable bonds is 5. The predicted molar refractivity (Wildman–Crippen MR) is 111 cm³/mol. The summed E-state index contributed by atoms with van der Waals surface area (Å²) in [6.07, 6.45) is 0. The fourth-order valence-corrected chi connectivity index (χ4v) is 4.34. The van der Waals surface area contributed by atoms with Gasteiger partial charge in [0.15, 0.2) is 5.13 Å². The lowest BCUT2D eigenvalue weighted by atomic mass is 10.2. The van der Waals surface area contributed by atoms with Crippen molar-refractivity contribution in [1.29, 1.82) is 0 Å². The smallest absolute Gasteiger partial charge is 0.261 e. The Labute approximate surface area is 171 Å². The van der Waals surface area contributed by atoms with Gasteiger partial charge in [-0.3, -0.25) is 9.69 Å². The minimum atomic E-state index is -0.485. The normalized spacial score (nSPS) is 11.4. The number of hydrogen-bond donors (Lipinski definition) is 0. The van der Waals surface area contributed by atoms with Crippen LogP contribution in [0.3, 0.4) is 0 Å². The summed E-state index contributed by atoms with van der Waals surface area (Å²) in [4.78, 5) is 21.4. The lowest BCUT2D eigenvalue weighted by Gasteiger charge is -2.22. The van der Waals surface area contributed by atoms with E-state index in [1.54, 1.807) is 4.90 Å². The Morgan fingerprint density at radius 1 is 1.19 bits per heavy atom. The summed E-state index contributed by atoms with van der Waals surface area (Å²) >= 11 is 13.7. The Kier molecular flexibility index (Phi) is 6.01. The second-order valence-corrected chi connectivity index (χ2v) is 8.30. The van der Waals surface area contributed by atoms with E-state index < -0.39 is 5.82 Å². The summed E-state index contributed by atoms with van der Waals surface area (Å²) in [5, 5.41) is 1.26. The molecule has 8 heteroatoms. The number of anilines is 1. The highest BCUT2D eigenvalue weighted by atomic mass is 35.5. The third kappa shape index (κ3) is 4.41. The van der Waals surface area contributed by atoms with Crippen LogP contribution in [-0.2, 0) is 0 Å². The van der Waals surface area contributed by atoms with Gasteiger partial charge in [-0.1, -0.05) is 34.5 Å². The van der Waals surface area contributed by atoms with Crippen LogP contribution in [0.1, 0.15) is 15.9 Å². The molecule has 0 radical (unpaired) electrons. The largest absolute Gasteiger partial charge is 0.308 e. The molecule has 0 fully saturated rings. The monoisotopic (exact) mass is 425 g/mol. The molecular formula is C19H18Cl2FN3OS. The molecule has 0 unspecified atom stereocenters. The summed E-state index contributed by atoms with van der Waals surface area (Å²) in [7, 11) is 3.85. The summed E-state index contributed by atoms with van der Waals surface area (Å²) in [6.45, 7) is 2.99. The van der Waals surface area contributed by atoms with E-state index in [0.717, 1.165) is 21.8 Å². The van der Waals surface area contributed by atoms with Crippen LogP contribution in [0.15, 0.2) is 30.3 Å². The Balaban J connectivity index is 2.05. The fraction of sp³-hybridized carbons (Fsp3) is 0.263. The molecule has 0 saturated carbocycles. The quantitative estimate of drug-likeness (QED) is 0.559. The van der Waals surface area contributed by atoms with Crippen molar-refractivity contribution in [3.05, 3.63) is 57.3 Å². The lowest BCUT2D eigenvalue weighted by Crippen LogP contribution is -2.36. The first-order valence-electron chi connectivity index (χ1n) is 8.24. The number of benzene rings is 2. The highest BCUT2D eigenvalue weighted by Gasteiger charge is 2.24. The third-order valence-electron chi connectivity index (χ3n) is 4.05. The average molecular weight is 426 g/mol. The van der Waals surface area contributed by atoms with E-state index in [1.165, 1.54) is 23.5 Å². The summed E-state index contributed by atoms with van der Waals surface area (Å²) in [5.41, 5.74) is 2.00. The zero-order valence-electron chi connectivity index (χ0n) is 15.1. The molecule has 1 amide bonds. The third-order valence-corrected chi connectivity index (χ3v) is 5.60. The van der Waals surface area contributed by atoms with Crippen LogP contribution in [0.25, 0.3) is 10.2 Å². The van der Waals surface area contributed by atoms with E-state index in [0.29, 0.717) is 23.2 Å². The molecule has 142 valence electrons. The number of aromatic nitrogens is 1. The van der Waals surface area contributed by atoms with Crippen molar-refractivity contribution in [3.63, 3.8) is 0 Å². The maximum absolute atomic E-state index is 13.4. The number of carbonyl (C=O) groups excluding carboxylic acids is 1. The number of aryl methyl sites for hydroxylation is 1. The van der Waals surface area contributed by atoms with E-state index >= 15 is 0 Å². The highest BCUT2D eigenvalue weighted by Crippen LogP contribution is 2.34. The number of amides is 1. The van der Waals surface area contributed by atoms with Crippen LogP contribution in [0.5, 0.6) is 0 Å². The van der Waals surface area contributed by atoms with Crippen LogP contribution >= 0.6 is 34.5 Å². The molecule has 0 atom stereocenters. The maximum Gasteiger partial charge on any atom is 0.261 e. The Morgan fingerprint density at radius 2 is 1.93 bits per heavy atom. The molecule has 0 spiro atoms. The molecule has 1 heterocycles. The summed E-state index contributed by atoms with van der Waals surface area (Å²) in [5.74, 6) is -0.800. The highest BCUT2D eigenvalue weighted by molar-refractivity contribution is 7.22. The van der Waals surface area contributed by atoms with Crippen LogP contribution in [0.2, 0.25) is 10.0 Å². The number of fused-ring (bicyclic) bond motifs is 1. The van der Waals surface area contributed by atoms with E-state index in [9.17, 15) is 9.18 Å². The van der Waals surface area contributed by atoms with E-state index in [2.05, 4.69) is 4.98 Å². The lowest BCUT2D eigenvalue weighted by molar-refractivity contribution is 0.0985. The van der Waals surface area contributed by atoms with Gasteiger partial charge in [0.2, 0.25) is 0 Å². The van der Waals surface area contributed by atoms with E-state index in [-0.39, 0.29) is 16.5 Å². The first-order chi connectivity index (χ1) is 12.8. The molecule has 3 aromatic rings. The van der Waals surface area contributed by atoms with Gasteiger partial charge in [-0.15, -0.1) is 0 Å². The van der Waals surface area contributed by atoms with Gasteiger partial charge in [0.05, 0.1) is 20.8 Å². The molecule has 3 rings (SSSR count). The minimum Gasteiger partial charge on any atom is -0.308 e. The summed E-state index contributed by atoms with van der Waals surface area (Å²) in [6, 6.07) is 7.45. The van der Waals surface area contributed by atoms with Crippen molar-refractivity contribution >= 4 is 55.8 Å². The number of halogens is 3. The topological polar surface area (TPSA) is 36.4 Å². The molecule has 0 N–H and O–H groups in total. The molecule has 0 aliphatic carbocycles. The van der Waals surface area contributed by atoms with Gasteiger partial charge in [-0.25, -0.2) is 9.37 Å². The number of thiazole rings is 1. The first kappa shape index (κ1) is 20.0. The zero-order valence-corrected chi connectivity index (χ0v) is 17.4. The number of likely N-dealkylation sites (N-methyl/N-ethyl adjacent to an activating group) is 1. The summed E-state index contributed by atoms with van der Waals surface area (Å²) < 4.78 is 14.3. The van der Waals surface area contributed by atoms with E-state index in [4.69, 9.17) is 23.2 Å². The second kappa shape index (κ2) is 8.10. The SMILES string of the molecule is Cc1cc(Cl)cc2sc(N(CCN(C)C)C(=O)c3ccc(F)cc3Cl)nc12. The predicted octanol–water partition coefficient (Wildman–Crippen LogP) is 5.26. The Hall–Kier alpha value is -1.73. The average Bonchev–Trinajstić information content (AvgIpc) is 2.98. The number of nitrogens with zero attached hydrogens (tertiary/aromatic N) is 3. The molecule has 4 nitrogen and oxygen atoms in total. The molecule has 0 saturated heterocycles. The van der Waals surface area contributed by atoms with Gasteiger partial charge in [0, 0.05) is 18.1 Å². The number of hydrogen-bond acceptors (Lipinski definition) is 4. The van der Waals surface area contributed by atoms with Crippen molar-refractivity contribution in [2.75, 3.05) is 32.1 Å². The molecule has 0 aliphatic rings. The molecule has 0 aliphatic heterocycles. The van der Waals surface area contributed by atoms with Gasteiger partial charge in [0.1, 0.15) is 5.82 Å². The zero-order chi connectivity index (χ0) is 19.7. The van der Waals surface area contributed by atoms with Gasteiger partial charge >= 0.3 is 0 Å². The molecule has 1 aromatic heterocycles. The van der Waals surface area contributed by atoms with Crippen molar-refractivity contribution in [3.8, 4) is 0 Å². The van der Waals surface area contributed by atoms with Crippen molar-refractivity contribution in [2.24, 2.45) is 0 Å². The molecule has 27 heavy (non-hydrogen) atoms. The number of carbonyl (C=O) groups is 1. The standard InChI is InChI=1S/C19H18Cl2FN3OS/c1-11-8-12(20)9-16-17(11)23-19(27-16)25(7-6-24(2)3)18(26)14-5-4-13(22)10-15(14)21/h4-5,8-10H,6-7H2,1-3H3. The van der Waals surface area contributed by atoms with Gasteiger partial charge in [-0.05, 0) is 56.9 Å². The fourth-order valence-electron chi connectivity index (χ4n) is 2.65. The Bertz CT molecular complexity index is 1010. The van der Waals surface area contributed by atoms with Crippen LogP contribution in [0.4, 0.5) is 9.52 Å². The van der Waals surface area contributed by atoms with E-state index in [1.807, 2.05) is 38.1 Å². The van der Waals surface area contributed by atoms with Gasteiger partial charge < -0.3 is 4.90 Å².